The fourth-order valence-corrected chi connectivity index (χ4v) is 3.75. The van der Waals surface area contributed by atoms with Crippen LogP contribution in [0, 0.1) is 5.92 Å². The Balaban J connectivity index is 1.74. The lowest BCUT2D eigenvalue weighted by Crippen LogP contribution is -2.28. The molecule has 2 aromatic carbocycles. The summed E-state index contributed by atoms with van der Waals surface area (Å²) in [5.41, 5.74) is 5.02. The van der Waals surface area contributed by atoms with E-state index in [1.165, 1.54) is 5.69 Å². The van der Waals surface area contributed by atoms with Gasteiger partial charge in [0.05, 0.1) is 11.1 Å². The summed E-state index contributed by atoms with van der Waals surface area (Å²) in [6, 6.07) is 16.5. The summed E-state index contributed by atoms with van der Waals surface area (Å²) in [5.74, 6) is 0.694. The Kier molecular flexibility index (Phi) is 4.56. The number of fused-ring (bicyclic) bond motifs is 1. The minimum absolute atomic E-state index is 0.117. The van der Waals surface area contributed by atoms with Crippen molar-refractivity contribution in [2.45, 2.75) is 13.3 Å². The van der Waals surface area contributed by atoms with E-state index in [-0.39, 0.29) is 5.91 Å². The fraction of sp³-hybridized carbons (Fsp3) is 0.304. The highest BCUT2D eigenvalue weighted by molar-refractivity contribution is 6.07. The Labute approximate surface area is 160 Å². The Morgan fingerprint density at radius 2 is 1.81 bits per heavy atom. The topological polar surface area (TPSA) is 36.4 Å². The van der Waals surface area contributed by atoms with Gasteiger partial charge >= 0.3 is 0 Å². The maximum absolute atomic E-state index is 13.1. The number of pyridine rings is 1. The molecule has 0 spiro atoms. The van der Waals surface area contributed by atoms with E-state index in [0.29, 0.717) is 5.92 Å². The van der Waals surface area contributed by atoms with Crippen LogP contribution in [0.4, 0.5) is 5.69 Å². The number of carbonyl (C=O) groups is 1. The van der Waals surface area contributed by atoms with Crippen LogP contribution < -0.4 is 4.90 Å². The minimum Gasteiger partial charge on any atom is -0.378 e. The summed E-state index contributed by atoms with van der Waals surface area (Å²) in [4.78, 5) is 21.6. The van der Waals surface area contributed by atoms with Gasteiger partial charge in [0.25, 0.3) is 5.91 Å². The monoisotopic (exact) mass is 359 g/mol. The second kappa shape index (κ2) is 7.03. The summed E-state index contributed by atoms with van der Waals surface area (Å²) in [7, 11) is 4.07. The van der Waals surface area contributed by atoms with E-state index in [2.05, 4.69) is 53.2 Å². The summed E-state index contributed by atoms with van der Waals surface area (Å²) in [5, 5.41) is 0.927. The van der Waals surface area contributed by atoms with Crippen LogP contribution in [0.2, 0.25) is 0 Å². The van der Waals surface area contributed by atoms with Crippen LogP contribution in [-0.2, 0) is 0 Å². The number of hydrogen-bond acceptors (Lipinski definition) is 3. The molecule has 0 N–H and O–H groups in total. The molecule has 0 unspecified atom stereocenters. The average Bonchev–Trinajstić information content (AvgIpc) is 3.13. The standard InChI is InChI=1S/C23H25N3O/c1-16-11-13-26(15-16)23(27)20-10-12-24-22-9-6-18(14-21(20)22)17-4-7-19(8-5-17)25(2)3/h4-10,12,14,16H,11,13,15H2,1-3H3/t16-/m0/s1. The molecule has 4 heteroatoms. The second-order valence-corrected chi connectivity index (χ2v) is 7.68. The van der Waals surface area contributed by atoms with Gasteiger partial charge in [0.1, 0.15) is 0 Å². The van der Waals surface area contributed by atoms with E-state index in [4.69, 9.17) is 0 Å². The van der Waals surface area contributed by atoms with Gasteiger partial charge in [-0.3, -0.25) is 9.78 Å². The number of hydrogen-bond donors (Lipinski definition) is 0. The molecule has 0 aliphatic carbocycles. The second-order valence-electron chi connectivity index (χ2n) is 7.68. The van der Waals surface area contributed by atoms with Gasteiger partial charge in [-0.25, -0.2) is 0 Å². The zero-order valence-electron chi connectivity index (χ0n) is 16.1. The molecule has 4 rings (SSSR count). The van der Waals surface area contributed by atoms with E-state index in [9.17, 15) is 4.79 Å². The first kappa shape index (κ1) is 17.5. The lowest BCUT2D eigenvalue weighted by Gasteiger charge is -2.17. The number of aromatic nitrogens is 1. The predicted molar refractivity (Wildman–Crippen MR) is 111 cm³/mol. The van der Waals surface area contributed by atoms with Gasteiger partial charge in [-0.1, -0.05) is 25.1 Å². The van der Waals surface area contributed by atoms with E-state index >= 15 is 0 Å². The van der Waals surface area contributed by atoms with Crippen molar-refractivity contribution in [3.63, 3.8) is 0 Å². The lowest BCUT2D eigenvalue weighted by molar-refractivity contribution is 0.0790. The smallest absolute Gasteiger partial charge is 0.254 e. The highest BCUT2D eigenvalue weighted by atomic mass is 16.2. The molecule has 1 aliphatic heterocycles. The summed E-state index contributed by atoms with van der Waals surface area (Å²) in [6.45, 7) is 3.89. The molecule has 138 valence electrons. The first-order valence-corrected chi connectivity index (χ1v) is 9.49. The van der Waals surface area contributed by atoms with E-state index in [0.717, 1.165) is 47.1 Å². The highest BCUT2D eigenvalue weighted by Gasteiger charge is 2.25. The maximum atomic E-state index is 13.1. The van der Waals surface area contributed by atoms with Crippen LogP contribution in [0.15, 0.2) is 54.7 Å². The van der Waals surface area contributed by atoms with Crippen LogP contribution in [0.1, 0.15) is 23.7 Å². The Morgan fingerprint density at radius 1 is 1.07 bits per heavy atom. The normalized spacial score (nSPS) is 16.7. The van der Waals surface area contributed by atoms with Crippen molar-refractivity contribution in [3.8, 4) is 11.1 Å². The number of amides is 1. The lowest BCUT2D eigenvalue weighted by atomic mass is 10.00. The molecule has 1 aromatic heterocycles. The van der Waals surface area contributed by atoms with Crippen molar-refractivity contribution in [2.75, 3.05) is 32.1 Å². The number of rotatable bonds is 3. The molecular formula is C23H25N3O. The first-order valence-electron chi connectivity index (χ1n) is 9.49. The summed E-state index contributed by atoms with van der Waals surface area (Å²) < 4.78 is 0. The Morgan fingerprint density at radius 3 is 2.48 bits per heavy atom. The van der Waals surface area contributed by atoms with Crippen molar-refractivity contribution in [2.24, 2.45) is 5.92 Å². The molecule has 1 fully saturated rings. The molecule has 1 saturated heterocycles. The van der Waals surface area contributed by atoms with Crippen molar-refractivity contribution >= 4 is 22.5 Å². The van der Waals surface area contributed by atoms with Gasteiger partial charge in [-0.15, -0.1) is 0 Å². The molecule has 27 heavy (non-hydrogen) atoms. The third kappa shape index (κ3) is 3.39. The SMILES string of the molecule is C[C@H]1CCN(C(=O)c2ccnc3ccc(-c4ccc(N(C)C)cc4)cc23)C1. The van der Waals surface area contributed by atoms with Crippen molar-refractivity contribution in [1.29, 1.82) is 0 Å². The third-order valence-electron chi connectivity index (χ3n) is 5.40. The zero-order chi connectivity index (χ0) is 19.0. The zero-order valence-corrected chi connectivity index (χ0v) is 16.1. The molecule has 1 amide bonds. The van der Waals surface area contributed by atoms with Crippen molar-refractivity contribution in [3.05, 3.63) is 60.3 Å². The van der Waals surface area contributed by atoms with Gasteiger partial charge in [0.2, 0.25) is 0 Å². The van der Waals surface area contributed by atoms with Crippen LogP contribution >= 0.6 is 0 Å². The minimum atomic E-state index is 0.117. The third-order valence-corrected chi connectivity index (χ3v) is 5.40. The molecule has 0 bridgehead atoms. The Hall–Kier alpha value is -2.88. The number of likely N-dealkylation sites (tertiary alicyclic amines) is 1. The van der Waals surface area contributed by atoms with E-state index < -0.39 is 0 Å². The van der Waals surface area contributed by atoms with Gasteiger partial charge < -0.3 is 9.80 Å². The first-order chi connectivity index (χ1) is 13.0. The molecule has 4 nitrogen and oxygen atoms in total. The number of carbonyl (C=O) groups excluding carboxylic acids is 1. The highest BCUT2D eigenvalue weighted by Crippen LogP contribution is 2.28. The van der Waals surface area contributed by atoms with Crippen molar-refractivity contribution in [1.82, 2.24) is 9.88 Å². The number of anilines is 1. The van der Waals surface area contributed by atoms with E-state index in [1.54, 1.807) is 6.20 Å². The van der Waals surface area contributed by atoms with E-state index in [1.807, 2.05) is 31.1 Å². The summed E-state index contributed by atoms with van der Waals surface area (Å²) >= 11 is 0. The Bertz CT molecular complexity index is 979. The maximum Gasteiger partial charge on any atom is 0.254 e. The van der Waals surface area contributed by atoms with Gasteiger partial charge in [0.15, 0.2) is 0 Å². The molecule has 2 heterocycles. The average molecular weight is 359 g/mol. The largest absolute Gasteiger partial charge is 0.378 e. The number of benzene rings is 2. The molecule has 0 saturated carbocycles. The van der Waals surface area contributed by atoms with Crippen LogP contribution in [0.25, 0.3) is 22.0 Å². The molecule has 0 radical (unpaired) electrons. The van der Waals surface area contributed by atoms with Crippen molar-refractivity contribution < 1.29 is 4.79 Å². The van der Waals surface area contributed by atoms with Crippen LogP contribution in [0.3, 0.4) is 0 Å². The van der Waals surface area contributed by atoms with Gasteiger partial charge in [-0.05, 0) is 53.8 Å². The van der Waals surface area contributed by atoms with Crippen LogP contribution in [0.5, 0.6) is 0 Å². The van der Waals surface area contributed by atoms with Gasteiger partial charge in [0, 0.05) is 44.5 Å². The predicted octanol–water partition coefficient (Wildman–Crippen LogP) is 4.45. The molecule has 1 aliphatic rings. The van der Waals surface area contributed by atoms with Crippen LogP contribution in [-0.4, -0.2) is 43.0 Å². The van der Waals surface area contributed by atoms with Gasteiger partial charge in [-0.2, -0.15) is 0 Å². The fourth-order valence-electron chi connectivity index (χ4n) is 3.75. The molecular weight excluding hydrogens is 334 g/mol. The molecule has 3 aromatic rings. The number of nitrogens with zero attached hydrogens (tertiary/aromatic N) is 3. The summed E-state index contributed by atoms with van der Waals surface area (Å²) in [6.07, 6.45) is 2.82. The quantitative estimate of drug-likeness (QED) is 0.693. The molecule has 1 atom stereocenters.